The van der Waals surface area contributed by atoms with E-state index in [9.17, 15) is 0 Å². The summed E-state index contributed by atoms with van der Waals surface area (Å²) in [6, 6.07) is 1.43. The highest BCUT2D eigenvalue weighted by Gasteiger charge is 2.46. The fraction of sp³-hybridized carbons (Fsp3) is 1.00. The van der Waals surface area contributed by atoms with E-state index in [1.807, 2.05) is 0 Å². The molecule has 0 aromatic rings. The second kappa shape index (κ2) is 3.19. The summed E-state index contributed by atoms with van der Waals surface area (Å²) in [6.45, 7) is 0. The molecule has 2 aliphatic heterocycles. The molecule has 15 heavy (non-hydrogen) atoms. The molecule has 2 heterocycles. The molecule has 2 saturated carbocycles. The standard InChI is InChI=1S/C12H19NO2/c1-3-9-11(14-9)5-7(1)13-8-2-4-10-12(6-8)15-10/h7-13H,1-6H2. The lowest BCUT2D eigenvalue weighted by Gasteiger charge is -2.28. The van der Waals surface area contributed by atoms with Gasteiger partial charge in [-0.05, 0) is 38.5 Å². The molecule has 4 fully saturated rings. The minimum atomic E-state index is 0.602. The van der Waals surface area contributed by atoms with Crippen molar-refractivity contribution in [3.05, 3.63) is 0 Å². The molecule has 84 valence electrons. The summed E-state index contributed by atoms with van der Waals surface area (Å²) in [4.78, 5) is 0. The number of hydrogen-bond acceptors (Lipinski definition) is 3. The smallest absolute Gasteiger partial charge is 0.0856 e. The lowest BCUT2D eigenvalue weighted by atomic mass is 9.91. The Labute approximate surface area is 90.5 Å². The van der Waals surface area contributed by atoms with Crippen molar-refractivity contribution < 1.29 is 9.47 Å². The first-order chi connectivity index (χ1) is 7.38. The van der Waals surface area contributed by atoms with E-state index in [0.29, 0.717) is 36.5 Å². The molecule has 3 nitrogen and oxygen atoms in total. The Bertz CT molecular complexity index is 244. The van der Waals surface area contributed by atoms with Crippen LogP contribution in [0, 0.1) is 0 Å². The second-order valence-corrected chi connectivity index (χ2v) is 5.61. The Kier molecular flexibility index (Phi) is 1.91. The van der Waals surface area contributed by atoms with Gasteiger partial charge in [-0.25, -0.2) is 0 Å². The van der Waals surface area contributed by atoms with E-state index in [2.05, 4.69) is 5.32 Å². The summed E-state index contributed by atoms with van der Waals surface area (Å²) < 4.78 is 11.1. The number of nitrogens with one attached hydrogen (secondary N) is 1. The van der Waals surface area contributed by atoms with Crippen LogP contribution in [0.2, 0.25) is 0 Å². The van der Waals surface area contributed by atoms with Crippen LogP contribution in [0.4, 0.5) is 0 Å². The maximum Gasteiger partial charge on any atom is 0.0856 e. The molecular formula is C12H19NO2. The van der Waals surface area contributed by atoms with E-state index >= 15 is 0 Å². The van der Waals surface area contributed by atoms with Crippen LogP contribution in [0.1, 0.15) is 38.5 Å². The molecule has 0 spiro atoms. The minimum Gasteiger partial charge on any atom is -0.370 e. The second-order valence-electron chi connectivity index (χ2n) is 5.61. The zero-order chi connectivity index (χ0) is 9.83. The Balaban J connectivity index is 1.31. The first-order valence-corrected chi connectivity index (χ1v) is 6.45. The zero-order valence-electron chi connectivity index (χ0n) is 9.02. The van der Waals surface area contributed by atoms with Crippen molar-refractivity contribution in [3.63, 3.8) is 0 Å². The van der Waals surface area contributed by atoms with E-state index in [1.54, 1.807) is 0 Å². The van der Waals surface area contributed by atoms with Crippen molar-refractivity contribution in [1.29, 1.82) is 0 Å². The molecule has 1 N–H and O–H groups in total. The lowest BCUT2D eigenvalue weighted by Crippen LogP contribution is -2.43. The predicted molar refractivity (Wildman–Crippen MR) is 55.7 cm³/mol. The van der Waals surface area contributed by atoms with Crippen molar-refractivity contribution in [1.82, 2.24) is 5.32 Å². The number of fused-ring (bicyclic) bond motifs is 2. The van der Waals surface area contributed by atoms with Crippen LogP contribution >= 0.6 is 0 Å². The Morgan fingerprint density at radius 1 is 0.667 bits per heavy atom. The SMILES string of the molecule is C1CC2OC2CC1NC1CCC2OC2C1. The van der Waals surface area contributed by atoms with Crippen molar-refractivity contribution in [2.75, 3.05) is 0 Å². The normalized spacial score (nSPS) is 56.8. The maximum absolute atomic E-state index is 5.56. The number of epoxide rings is 2. The van der Waals surface area contributed by atoms with Gasteiger partial charge in [0.05, 0.1) is 24.4 Å². The third-order valence-electron chi connectivity index (χ3n) is 4.48. The van der Waals surface area contributed by atoms with Crippen LogP contribution in [0.15, 0.2) is 0 Å². The molecule has 2 saturated heterocycles. The fourth-order valence-corrected chi connectivity index (χ4v) is 3.44. The van der Waals surface area contributed by atoms with E-state index in [1.165, 1.54) is 38.5 Å². The number of rotatable bonds is 2. The van der Waals surface area contributed by atoms with E-state index in [-0.39, 0.29) is 0 Å². The quantitative estimate of drug-likeness (QED) is 0.695. The Morgan fingerprint density at radius 2 is 1.20 bits per heavy atom. The summed E-state index contributed by atoms with van der Waals surface area (Å²) in [5, 5.41) is 3.81. The summed E-state index contributed by atoms with van der Waals surface area (Å²) in [5.74, 6) is 0. The highest BCUT2D eigenvalue weighted by atomic mass is 16.6. The van der Waals surface area contributed by atoms with Crippen molar-refractivity contribution in [2.45, 2.75) is 75.0 Å². The fourth-order valence-electron chi connectivity index (χ4n) is 3.44. The van der Waals surface area contributed by atoms with Crippen LogP contribution in [0.5, 0.6) is 0 Å². The third kappa shape index (κ3) is 1.71. The van der Waals surface area contributed by atoms with Crippen LogP contribution in [0.25, 0.3) is 0 Å². The molecule has 0 aromatic heterocycles. The molecule has 4 aliphatic rings. The Morgan fingerprint density at radius 3 is 1.67 bits per heavy atom. The summed E-state index contributed by atoms with van der Waals surface area (Å²) in [7, 11) is 0. The summed E-state index contributed by atoms with van der Waals surface area (Å²) in [6.07, 6.45) is 10.1. The van der Waals surface area contributed by atoms with Gasteiger partial charge in [-0.3, -0.25) is 0 Å². The lowest BCUT2D eigenvalue weighted by molar-refractivity contribution is 0.311. The zero-order valence-corrected chi connectivity index (χ0v) is 9.02. The van der Waals surface area contributed by atoms with Gasteiger partial charge in [0.2, 0.25) is 0 Å². The first-order valence-electron chi connectivity index (χ1n) is 6.45. The summed E-state index contributed by atoms with van der Waals surface area (Å²) in [5.41, 5.74) is 0. The van der Waals surface area contributed by atoms with Crippen molar-refractivity contribution in [3.8, 4) is 0 Å². The van der Waals surface area contributed by atoms with Gasteiger partial charge >= 0.3 is 0 Å². The van der Waals surface area contributed by atoms with E-state index in [0.717, 1.165) is 0 Å². The van der Waals surface area contributed by atoms with Crippen LogP contribution < -0.4 is 5.32 Å². The van der Waals surface area contributed by atoms with E-state index < -0.39 is 0 Å². The van der Waals surface area contributed by atoms with Gasteiger partial charge in [0.25, 0.3) is 0 Å². The van der Waals surface area contributed by atoms with Crippen LogP contribution in [0.3, 0.4) is 0 Å². The van der Waals surface area contributed by atoms with Gasteiger partial charge < -0.3 is 14.8 Å². The largest absolute Gasteiger partial charge is 0.370 e. The molecule has 3 heteroatoms. The molecule has 6 unspecified atom stereocenters. The monoisotopic (exact) mass is 209 g/mol. The molecule has 0 aromatic carbocycles. The van der Waals surface area contributed by atoms with E-state index in [4.69, 9.17) is 9.47 Å². The Hall–Kier alpha value is -0.120. The number of ether oxygens (including phenoxy) is 2. The van der Waals surface area contributed by atoms with Crippen LogP contribution in [-0.4, -0.2) is 36.5 Å². The highest BCUT2D eigenvalue weighted by Crippen LogP contribution is 2.39. The molecule has 4 rings (SSSR count). The van der Waals surface area contributed by atoms with Gasteiger partial charge in [-0.15, -0.1) is 0 Å². The van der Waals surface area contributed by atoms with Gasteiger partial charge in [0.1, 0.15) is 0 Å². The molecule has 0 radical (unpaired) electrons. The molecular weight excluding hydrogens is 190 g/mol. The predicted octanol–water partition coefficient (Wildman–Crippen LogP) is 1.22. The van der Waals surface area contributed by atoms with Crippen molar-refractivity contribution in [2.24, 2.45) is 0 Å². The first kappa shape index (κ1) is 8.97. The highest BCUT2D eigenvalue weighted by molar-refractivity contribution is 4.98. The molecule has 2 aliphatic carbocycles. The molecule has 0 amide bonds. The minimum absolute atomic E-state index is 0.602. The summed E-state index contributed by atoms with van der Waals surface area (Å²) >= 11 is 0. The average Bonchev–Trinajstić information content (AvgIpc) is 3.11. The van der Waals surface area contributed by atoms with Crippen LogP contribution in [-0.2, 0) is 9.47 Å². The topological polar surface area (TPSA) is 37.1 Å². The van der Waals surface area contributed by atoms with Crippen molar-refractivity contribution >= 4 is 0 Å². The van der Waals surface area contributed by atoms with Gasteiger partial charge in [0, 0.05) is 12.1 Å². The molecule has 0 bridgehead atoms. The maximum atomic E-state index is 5.56. The number of hydrogen-bond donors (Lipinski definition) is 1. The van der Waals surface area contributed by atoms with Gasteiger partial charge in [-0.1, -0.05) is 0 Å². The average molecular weight is 209 g/mol. The third-order valence-corrected chi connectivity index (χ3v) is 4.48. The van der Waals surface area contributed by atoms with Gasteiger partial charge in [0.15, 0.2) is 0 Å². The van der Waals surface area contributed by atoms with Gasteiger partial charge in [-0.2, -0.15) is 0 Å². The molecule has 6 atom stereocenters.